The zero-order valence-electron chi connectivity index (χ0n) is 13.4. The fraction of sp³-hybridized carbons (Fsp3) is 0.211. The van der Waals surface area contributed by atoms with Gasteiger partial charge in [0.15, 0.2) is 0 Å². The van der Waals surface area contributed by atoms with E-state index in [1.165, 1.54) is 6.08 Å². The van der Waals surface area contributed by atoms with Crippen molar-refractivity contribution in [3.8, 4) is 11.5 Å². The number of para-hydroxylation sites is 1. The molecule has 1 amide bonds. The number of carbonyl (C=O) groups is 1. The van der Waals surface area contributed by atoms with Crippen LogP contribution in [0.1, 0.15) is 18.1 Å². The fourth-order valence-electron chi connectivity index (χ4n) is 2.10. The molecule has 2 aromatic rings. The molecule has 0 atom stereocenters. The van der Waals surface area contributed by atoms with Crippen molar-refractivity contribution in [1.82, 2.24) is 5.32 Å². The minimum absolute atomic E-state index is 0.154. The van der Waals surface area contributed by atoms with Crippen LogP contribution in [0, 0.1) is 0 Å². The molecule has 4 heteroatoms. The van der Waals surface area contributed by atoms with Crippen LogP contribution in [0.15, 0.2) is 54.6 Å². The van der Waals surface area contributed by atoms with Crippen LogP contribution in [-0.4, -0.2) is 19.6 Å². The number of carbonyl (C=O) groups excluding carboxylic acids is 1. The van der Waals surface area contributed by atoms with Gasteiger partial charge in [0.25, 0.3) is 0 Å². The molecule has 120 valence electrons. The Labute approximate surface area is 136 Å². The Morgan fingerprint density at radius 1 is 1.17 bits per heavy atom. The highest BCUT2D eigenvalue weighted by atomic mass is 16.5. The predicted octanol–water partition coefficient (Wildman–Crippen LogP) is 3.42. The predicted molar refractivity (Wildman–Crippen MR) is 91.5 cm³/mol. The quantitative estimate of drug-likeness (QED) is 0.797. The molecule has 0 aromatic heterocycles. The molecule has 0 saturated heterocycles. The first-order valence-electron chi connectivity index (χ1n) is 7.53. The molecule has 0 bridgehead atoms. The molecule has 0 heterocycles. The van der Waals surface area contributed by atoms with Gasteiger partial charge >= 0.3 is 0 Å². The van der Waals surface area contributed by atoms with Gasteiger partial charge in [0.2, 0.25) is 5.91 Å². The largest absolute Gasteiger partial charge is 0.497 e. The molecular weight excluding hydrogens is 290 g/mol. The first kappa shape index (κ1) is 16.6. The first-order valence-corrected chi connectivity index (χ1v) is 7.53. The minimum atomic E-state index is -0.154. The Morgan fingerprint density at radius 2 is 2.00 bits per heavy atom. The molecular formula is C19H21NO3. The van der Waals surface area contributed by atoms with Crippen molar-refractivity contribution in [3.05, 3.63) is 65.7 Å². The molecule has 1 N–H and O–H groups in total. The van der Waals surface area contributed by atoms with Gasteiger partial charge in [-0.3, -0.25) is 4.79 Å². The van der Waals surface area contributed by atoms with Gasteiger partial charge in [-0.15, -0.1) is 0 Å². The van der Waals surface area contributed by atoms with Crippen LogP contribution in [0.25, 0.3) is 6.08 Å². The molecule has 0 aliphatic rings. The van der Waals surface area contributed by atoms with E-state index in [0.29, 0.717) is 13.2 Å². The van der Waals surface area contributed by atoms with Crippen LogP contribution in [0.5, 0.6) is 11.5 Å². The Hall–Kier alpha value is -2.75. The second kappa shape index (κ2) is 8.63. The number of rotatable bonds is 7. The van der Waals surface area contributed by atoms with E-state index < -0.39 is 0 Å². The van der Waals surface area contributed by atoms with Crippen molar-refractivity contribution in [3.63, 3.8) is 0 Å². The zero-order chi connectivity index (χ0) is 16.5. The molecule has 0 saturated carbocycles. The van der Waals surface area contributed by atoms with Crippen LogP contribution in [0.2, 0.25) is 0 Å². The van der Waals surface area contributed by atoms with Gasteiger partial charge in [-0.05, 0) is 36.8 Å². The summed E-state index contributed by atoms with van der Waals surface area (Å²) in [5.74, 6) is 1.39. The van der Waals surface area contributed by atoms with Gasteiger partial charge in [-0.2, -0.15) is 0 Å². The van der Waals surface area contributed by atoms with Crippen LogP contribution < -0.4 is 14.8 Å². The smallest absolute Gasteiger partial charge is 0.244 e. The third kappa shape index (κ3) is 5.18. The van der Waals surface area contributed by atoms with Gasteiger partial charge in [0.1, 0.15) is 11.5 Å². The molecule has 2 rings (SSSR count). The Morgan fingerprint density at radius 3 is 2.78 bits per heavy atom. The van der Waals surface area contributed by atoms with E-state index in [9.17, 15) is 4.79 Å². The van der Waals surface area contributed by atoms with Crippen LogP contribution >= 0.6 is 0 Å². The summed E-state index contributed by atoms with van der Waals surface area (Å²) in [6, 6.07) is 15.2. The summed E-state index contributed by atoms with van der Waals surface area (Å²) in [7, 11) is 1.62. The number of ether oxygens (including phenoxy) is 2. The van der Waals surface area contributed by atoms with Crippen LogP contribution in [0.4, 0.5) is 0 Å². The van der Waals surface area contributed by atoms with Crippen LogP contribution in [-0.2, 0) is 11.3 Å². The maximum Gasteiger partial charge on any atom is 0.244 e. The standard InChI is InChI=1S/C19H21NO3/c1-3-23-18-10-5-4-8-16(18)11-12-19(21)20-14-15-7-6-9-17(13-15)22-2/h4-13H,3,14H2,1-2H3,(H,20,21)/b12-11+. The average Bonchev–Trinajstić information content (AvgIpc) is 2.59. The molecule has 4 nitrogen and oxygen atoms in total. The van der Waals surface area contributed by atoms with E-state index in [1.54, 1.807) is 13.2 Å². The van der Waals surface area contributed by atoms with Crippen molar-refractivity contribution < 1.29 is 14.3 Å². The first-order chi connectivity index (χ1) is 11.2. The van der Waals surface area contributed by atoms with E-state index in [2.05, 4.69) is 5.32 Å². The maximum atomic E-state index is 11.9. The van der Waals surface area contributed by atoms with Gasteiger partial charge in [0, 0.05) is 18.2 Å². The lowest BCUT2D eigenvalue weighted by molar-refractivity contribution is -0.116. The molecule has 0 fully saturated rings. The second-order valence-electron chi connectivity index (χ2n) is 4.87. The molecule has 0 spiro atoms. The summed E-state index contributed by atoms with van der Waals surface area (Å²) in [5, 5.41) is 2.85. The number of hydrogen-bond donors (Lipinski definition) is 1. The van der Waals surface area contributed by atoms with E-state index in [4.69, 9.17) is 9.47 Å². The second-order valence-corrected chi connectivity index (χ2v) is 4.87. The Balaban J connectivity index is 1.94. The zero-order valence-corrected chi connectivity index (χ0v) is 13.4. The molecule has 23 heavy (non-hydrogen) atoms. The van der Waals surface area contributed by atoms with Crippen LogP contribution in [0.3, 0.4) is 0 Å². The molecule has 2 aromatic carbocycles. The summed E-state index contributed by atoms with van der Waals surface area (Å²) in [6.07, 6.45) is 3.27. The third-order valence-corrected chi connectivity index (χ3v) is 3.23. The van der Waals surface area contributed by atoms with Gasteiger partial charge in [-0.25, -0.2) is 0 Å². The lowest BCUT2D eigenvalue weighted by atomic mass is 10.2. The molecule has 0 radical (unpaired) electrons. The van der Waals surface area contributed by atoms with E-state index in [0.717, 1.165) is 22.6 Å². The summed E-state index contributed by atoms with van der Waals surface area (Å²) in [6.45, 7) is 2.97. The van der Waals surface area contributed by atoms with E-state index >= 15 is 0 Å². The number of benzene rings is 2. The van der Waals surface area contributed by atoms with Crippen molar-refractivity contribution in [2.45, 2.75) is 13.5 Å². The number of amides is 1. The topological polar surface area (TPSA) is 47.6 Å². The molecule has 0 aliphatic carbocycles. The molecule has 0 unspecified atom stereocenters. The fourth-order valence-corrected chi connectivity index (χ4v) is 2.10. The Bertz CT molecular complexity index is 680. The summed E-state index contributed by atoms with van der Waals surface area (Å²) >= 11 is 0. The lowest BCUT2D eigenvalue weighted by Crippen LogP contribution is -2.20. The summed E-state index contributed by atoms with van der Waals surface area (Å²) < 4.78 is 10.7. The monoisotopic (exact) mass is 311 g/mol. The number of nitrogens with one attached hydrogen (secondary N) is 1. The highest BCUT2D eigenvalue weighted by Crippen LogP contribution is 2.19. The highest BCUT2D eigenvalue weighted by molar-refractivity contribution is 5.92. The van der Waals surface area contributed by atoms with Crippen molar-refractivity contribution in [1.29, 1.82) is 0 Å². The SMILES string of the molecule is CCOc1ccccc1/C=C/C(=O)NCc1cccc(OC)c1. The van der Waals surface area contributed by atoms with Gasteiger partial charge in [0.05, 0.1) is 13.7 Å². The average molecular weight is 311 g/mol. The highest BCUT2D eigenvalue weighted by Gasteiger charge is 2.01. The number of methoxy groups -OCH3 is 1. The van der Waals surface area contributed by atoms with Crippen molar-refractivity contribution in [2.24, 2.45) is 0 Å². The van der Waals surface area contributed by atoms with Gasteiger partial charge < -0.3 is 14.8 Å². The van der Waals surface area contributed by atoms with Crippen molar-refractivity contribution >= 4 is 12.0 Å². The normalized spacial score (nSPS) is 10.5. The summed E-state index contributed by atoms with van der Waals surface area (Å²) in [4.78, 5) is 11.9. The Kier molecular flexibility index (Phi) is 6.24. The van der Waals surface area contributed by atoms with E-state index in [-0.39, 0.29) is 5.91 Å². The van der Waals surface area contributed by atoms with Crippen molar-refractivity contribution in [2.75, 3.05) is 13.7 Å². The molecule has 0 aliphatic heterocycles. The lowest BCUT2D eigenvalue weighted by Gasteiger charge is -2.07. The third-order valence-electron chi connectivity index (χ3n) is 3.23. The van der Waals surface area contributed by atoms with Gasteiger partial charge in [-0.1, -0.05) is 30.3 Å². The minimum Gasteiger partial charge on any atom is -0.497 e. The maximum absolute atomic E-state index is 11.9. The van der Waals surface area contributed by atoms with E-state index in [1.807, 2.05) is 55.5 Å². The summed E-state index contributed by atoms with van der Waals surface area (Å²) in [5.41, 5.74) is 1.87. The number of hydrogen-bond acceptors (Lipinski definition) is 3.